The van der Waals surface area contributed by atoms with E-state index < -0.39 is 0 Å². The summed E-state index contributed by atoms with van der Waals surface area (Å²) < 4.78 is 1.97. The number of hydrogen-bond donors (Lipinski definition) is 1. The standard InChI is InChI=1S/C19H20N4O/c1-14-11-15(2)23(22-14)13-17-3-5-18(6-4-17)19(24)21-12-16-7-9-20-10-8-16/h3-11H,12-13H2,1-2H3,(H,21,24). The van der Waals surface area contributed by atoms with Crippen molar-refractivity contribution < 1.29 is 4.79 Å². The molecule has 1 amide bonds. The van der Waals surface area contributed by atoms with Gasteiger partial charge in [0.05, 0.1) is 12.2 Å². The van der Waals surface area contributed by atoms with Gasteiger partial charge in [0.25, 0.3) is 5.91 Å². The van der Waals surface area contributed by atoms with E-state index in [1.807, 2.05) is 54.9 Å². The predicted molar refractivity (Wildman–Crippen MR) is 92.7 cm³/mol. The highest BCUT2D eigenvalue weighted by molar-refractivity contribution is 5.94. The number of rotatable bonds is 5. The van der Waals surface area contributed by atoms with Gasteiger partial charge < -0.3 is 5.32 Å². The summed E-state index contributed by atoms with van der Waals surface area (Å²) in [6, 6.07) is 13.5. The number of amides is 1. The third kappa shape index (κ3) is 3.87. The van der Waals surface area contributed by atoms with Crippen LogP contribution in [0.15, 0.2) is 54.9 Å². The van der Waals surface area contributed by atoms with Crippen molar-refractivity contribution in [1.82, 2.24) is 20.1 Å². The quantitative estimate of drug-likeness (QED) is 0.786. The minimum absolute atomic E-state index is 0.0792. The van der Waals surface area contributed by atoms with Gasteiger partial charge in [-0.2, -0.15) is 5.10 Å². The van der Waals surface area contributed by atoms with Crippen LogP contribution in [0.25, 0.3) is 0 Å². The maximum Gasteiger partial charge on any atom is 0.251 e. The van der Waals surface area contributed by atoms with Crippen LogP contribution < -0.4 is 5.32 Å². The van der Waals surface area contributed by atoms with Crippen molar-refractivity contribution >= 4 is 5.91 Å². The molecule has 0 atom stereocenters. The molecule has 2 aromatic heterocycles. The molecule has 5 nitrogen and oxygen atoms in total. The maximum atomic E-state index is 12.2. The molecule has 2 heterocycles. The first-order valence-corrected chi connectivity index (χ1v) is 7.89. The third-order valence-electron chi connectivity index (χ3n) is 3.85. The van der Waals surface area contributed by atoms with Crippen LogP contribution in [0.2, 0.25) is 0 Å². The zero-order valence-corrected chi connectivity index (χ0v) is 13.9. The maximum absolute atomic E-state index is 12.2. The van der Waals surface area contributed by atoms with Gasteiger partial charge in [-0.25, -0.2) is 0 Å². The second-order valence-electron chi connectivity index (χ2n) is 5.82. The molecule has 1 aromatic carbocycles. The van der Waals surface area contributed by atoms with E-state index in [9.17, 15) is 4.79 Å². The lowest BCUT2D eigenvalue weighted by atomic mass is 10.1. The Kier molecular flexibility index (Phi) is 4.70. The van der Waals surface area contributed by atoms with E-state index in [0.717, 1.165) is 22.5 Å². The van der Waals surface area contributed by atoms with E-state index in [2.05, 4.69) is 21.5 Å². The number of nitrogens with one attached hydrogen (secondary N) is 1. The van der Waals surface area contributed by atoms with Gasteiger partial charge in [-0.05, 0) is 55.3 Å². The summed E-state index contributed by atoms with van der Waals surface area (Å²) in [6.45, 7) is 5.23. The highest BCUT2D eigenvalue weighted by Crippen LogP contribution is 2.09. The second-order valence-corrected chi connectivity index (χ2v) is 5.82. The highest BCUT2D eigenvalue weighted by atomic mass is 16.1. The van der Waals surface area contributed by atoms with Gasteiger partial charge in [0.2, 0.25) is 0 Å². The fourth-order valence-electron chi connectivity index (χ4n) is 2.55. The van der Waals surface area contributed by atoms with E-state index in [1.165, 1.54) is 0 Å². The van der Waals surface area contributed by atoms with E-state index in [-0.39, 0.29) is 5.91 Å². The molecule has 0 radical (unpaired) electrons. The van der Waals surface area contributed by atoms with Crippen LogP contribution in [0, 0.1) is 13.8 Å². The zero-order chi connectivity index (χ0) is 16.9. The largest absolute Gasteiger partial charge is 0.348 e. The lowest BCUT2D eigenvalue weighted by Gasteiger charge is -2.07. The molecular formula is C19H20N4O. The smallest absolute Gasteiger partial charge is 0.251 e. The molecular weight excluding hydrogens is 300 g/mol. The molecule has 0 saturated heterocycles. The van der Waals surface area contributed by atoms with Gasteiger partial charge in [-0.15, -0.1) is 0 Å². The van der Waals surface area contributed by atoms with Gasteiger partial charge in [0.15, 0.2) is 0 Å². The topological polar surface area (TPSA) is 59.8 Å². The molecule has 0 fully saturated rings. The first-order valence-electron chi connectivity index (χ1n) is 7.89. The van der Waals surface area contributed by atoms with Crippen molar-refractivity contribution in [2.45, 2.75) is 26.9 Å². The zero-order valence-electron chi connectivity index (χ0n) is 13.9. The molecule has 0 unspecified atom stereocenters. The summed E-state index contributed by atoms with van der Waals surface area (Å²) in [5.41, 5.74) is 4.94. The lowest BCUT2D eigenvalue weighted by Crippen LogP contribution is -2.22. The van der Waals surface area contributed by atoms with Crippen LogP contribution in [-0.4, -0.2) is 20.7 Å². The SMILES string of the molecule is Cc1cc(C)n(Cc2ccc(C(=O)NCc3ccncc3)cc2)n1. The number of hydrogen-bond acceptors (Lipinski definition) is 3. The average Bonchev–Trinajstić information content (AvgIpc) is 2.91. The van der Waals surface area contributed by atoms with Crippen molar-refractivity contribution in [3.8, 4) is 0 Å². The van der Waals surface area contributed by atoms with Crippen LogP contribution >= 0.6 is 0 Å². The van der Waals surface area contributed by atoms with Gasteiger partial charge in [-0.1, -0.05) is 12.1 Å². The van der Waals surface area contributed by atoms with E-state index in [1.54, 1.807) is 12.4 Å². The number of pyridine rings is 1. The van der Waals surface area contributed by atoms with Crippen molar-refractivity contribution in [1.29, 1.82) is 0 Å². The minimum Gasteiger partial charge on any atom is -0.348 e. The highest BCUT2D eigenvalue weighted by Gasteiger charge is 2.06. The van der Waals surface area contributed by atoms with Crippen LogP contribution in [0.1, 0.15) is 32.9 Å². The van der Waals surface area contributed by atoms with Crippen molar-refractivity contribution in [2.75, 3.05) is 0 Å². The normalized spacial score (nSPS) is 10.6. The van der Waals surface area contributed by atoms with Crippen LogP contribution in [0.3, 0.4) is 0 Å². The Labute approximate surface area is 141 Å². The average molecular weight is 320 g/mol. The summed E-state index contributed by atoms with van der Waals surface area (Å²) in [5, 5.41) is 7.37. The Morgan fingerprint density at radius 2 is 1.75 bits per heavy atom. The number of carbonyl (C=O) groups is 1. The van der Waals surface area contributed by atoms with Gasteiger partial charge in [-0.3, -0.25) is 14.5 Å². The van der Waals surface area contributed by atoms with Crippen molar-refractivity contribution in [3.05, 3.63) is 82.9 Å². The summed E-state index contributed by atoms with van der Waals surface area (Å²) in [7, 11) is 0. The Hall–Kier alpha value is -2.95. The van der Waals surface area contributed by atoms with E-state index >= 15 is 0 Å². The van der Waals surface area contributed by atoms with Crippen molar-refractivity contribution in [3.63, 3.8) is 0 Å². The molecule has 0 aliphatic carbocycles. The Morgan fingerprint density at radius 3 is 2.38 bits per heavy atom. The molecule has 0 aliphatic rings. The van der Waals surface area contributed by atoms with E-state index in [4.69, 9.17) is 0 Å². The Morgan fingerprint density at radius 1 is 1.04 bits per heavy atom. The molecule has 3 rings (SSSR count). The molecule has 0 aliphatic heterocycles. The van der Waals surface area contributed by atoms with Crippen LogP contribution in [-0.2, 0) is 13.1 Å². The molecule has 24 heavy (non-hydrogen) atoms. The number of carbonyl (C=O) groups excluding carboxylic acids is 1. The summed E-state index contributed by atoms with van der Waals surface area (Å²) in [5.74, 6) is -0.0792. The molecule has 0 saturated carbocycles. The fourth-order valence-corrected chi connectivity index (χ4v) is 2.55. The fraction of sp³-hybridized carbons (Fsp3) is 0.211. The number of nitrogens with zero attached hydrogens (tertiary/aromatic N) is 3. The van der Waals surface area contributed by atoms with Gasteiger partial charge in [0, 0.05) is 30.2 Å². The molecule has 5 heteroatoms. The number of benzene rings is 1. The summed E-state index contributed by atoms with van der Waals surface area (Å²) >= 11 is 0. The molecule has 0 bridgehead atoms. The number of aromatic nitrogens is 3. The molecule has 1 N–H and O–H groups in total. The predicted octanol–water partition coefficient (Wildman–Crippen LogP) is 2.87. The first-order chi connectivity index (χ1) is 11.6. The van der Waals surface area contributed by atoms with Crippen LogP contribution in [0.5, 0.6) is 0 Å². The Balaban J connectivity index is 1.61. The summed E-state index contributed by atoms with van der Waals surface area (Å²) in [6.07, 6.45) is 3.44. The molecule has 122 valence electrons. The lowest BCUT2D eigenvalue weighted by molar-refractivity contribution is 0.0951. The minimum atomic E-state index is -0.0792. The number of aryl methyl sites for hydroxylation is 2. The van der Waals surface area contributed by atoms with Crippen molar-refractivity contribution in [2.24, 2.45) is 0 Å². The molecule has 3 aromatic rings. The monoisotopic (exact) mass is 320 g/mol. The second kappa shape index (κ2) is 7.08. The third-order valence-corrected chi connectivity index (χ3v) is 3.85. The van der Waals surface area contributed by atoms with Gasteiger partial charge in [0.1, 0.15) is 0 Å². The Bertz CT molecular complexity index is 822. The molecule has 0 spiro atoms. The van der Waals surface area contributed by atoms with Gasteiger partial charge >= 0.3 is 0 Å². The summed E-state index contributed by atoms with van der Waals surface area (Å²) in [4.78, 5) is 16.2. The first kappa shape index (κ1) is 15.9. The van der Waals surface area contributed by atoms with E-state index in [0.29, 0.717) is 18.7 Å². The van der Waals surface area contributed by atoms with Crippen LogP contribution in [0.4, 0.5) is 0 Å².